The molecule has 2 rings (SSSR count). The van der Waals surface area contributed by atoms with Crippen LogP contribution in [0.2, 0.25) is 5.02 Å². The Labute approximate surface area is 110 Å². The van der Waals surface area contributed by atoms with Gasteiger partial charge >= 0.3 is 0 Å². The van der Waals surface area contributed by atoms with E-state index in [1.54, 1.807) is 29.1 Å². The highest BCUT2D eigenvalue weighted by molar-refractivity contribution is 6.30. The molecule has 0 saturated heterocycles. The molecule has 94 valence electrons. The van der Waals surface area contributed by atoms with Crippen molar-refractivity contribution in [3.63, 3.8) is 0 Å². The standard InChI is InChI=1S/C12H13ClN4O/c1-17-6-8(5-16-17)7-18-11-4-9(13)2-3-10(11)12(14)15/h2-6H,7H2,1H3,(H3,14,15). The van der Waals surface area contributed by atoms with E-state index in [1.165, 1.54) is 0 Å². The number of nitrogens with two attached hydrogens (primary N) is 1. The second-order valence-corrected chi connectivity index (χ2v) is 4.30. The Morgan fingerprint density at radius 2 is 2.33 bits per heavy atom. The zero-order chi connectivity index (χ0) is 13.1. The number of rotatable bonds is 4. The minimum atomic E-state index is -0.0483. The van der Waals surface area contributed by atoms with Crippen molar-refractivity contribution in [2.75, 3.05) is 0 Å². The fourth-order valence-electron chi connectivity index (χ4n) is 1.55. The Morgan fingerprint density at radius 3 is 2.94 bits per heavy atom. The van der Waals surface area contributed by atoms with E-state index < -0.39 is 0 Å². The first kappa shape index (κ1) is 12.4. The van der Waals surface area contributed by atoms with Crippen LogP contribution in [0.15, 0.2) is 30.6 Å². The number of nitrogens with zero attached hydrogens (tertiary/aromatic N) is 2. The van der Waals surface area contributed by atoms with Crippen molar-refractivity contribution in [1.82, 2.24) is 9.78 Å². The van der Waals surface area contributed by atoms with Crippen LogP contribution in [0, 0.1) is 5.41 Å². The normalized spacial score (nSPS) is 10.3. The largest absolute Gasteiger partial charge is 0.488 e. The fourth-order valence-corrected chi connectivity index (χ4v) is 1.71. The number of benzene rings is 1. The van der Waals surface area contributed by atoms with Gasteiger partial charge in [0, 0.05) is 23.8 Å². The Hall–Kier alpha value is -2.01. The van der Waals surface area contributed by atoms with Gasteiger partial charge in [0.2, 0.25) is 0 Å². The Kier molecular flexibility index (Phi) is 3.53. The maximum Gasteiger partial charge on any atom is 0.132 e. The predicted octanol–water partition coefficient (Wildman–Crippen LogP) is 1.94. The van der Waals surface area contributed by atoms with E-state index in [4.69, 9.17) is 27.5 Å². The highest BCUT2D eigenvalue weighted by Gasteiger charge is 2.08. The summed E-state index contributed by atoms with van der Waals surface area (Å²) in [6.07, 6.45) is 3.58. The summed E-state index contributed by atoms with van der Waals surface area (Å²) in [5.74, 6) is 0.451. The molecule has 0 fully saturated rings. The van der Waals surface area contributed by atoms with E-state index in [-0.39, 0.29) is 5.84 Å². The number of hydrogen-bond donors (Lipinski definition) is 2. The monoisotopic (exact) mass is 264 g/mol. The molecule has 0 amide bonds. The molecule has 3 N–H and O–H groups in total. The lowest BCUT2D eigenvalue weighted by Gasteiger charge is -2.10. The molecule has 0 aliphatic heterocycles. The van der Waals surface area contributed by atoms with Crippen LogP contribution in [0.3, 0.4) is 0 Å². The number of ether oxygens (including phenoxy) is 1. The second kappa shape index (κ2) is 5.10. The smallest absolute Gasteiger partial charge is 0.132 e. The summed E-state index contributed by atoms with van der Waals surface area (Å²) in [6, 6.07) is 4.99. The van der Waals surface area contributed by atoms with Crippen molar-refractivity contribution >= 4 is 17.4 Å². The van der Waals surface area contributed by atoms with Crippen LogP contribution in [0.5, 0.6) is 5.75 Å². The van der Waals surface area contributed by atoms with Crippen molar-refractivity contribution in [3.8, 4) is 5.75 Å². The zero-order valence-corrected chi connectivity index (χ0v) is 10.6. The minimum Gasteiger partial charge on any atom is -0.488 e. The molecule has 5 nitrogen and oxygen atoms in total. The zero-order valence-electron chi connectivity index (χ0n) is 9.85. The fraction of sp³-hybridized carbons (Fsp3) is 0.167. The van der Waals surface area contributed by atoms with Gasteiger partial charge in [-0.1, -0.05) is 11.6 Å². The van der Waals surface area contributed by atoms with Gasteiger partial charge in [-0.3, -0.25) is 10.1 Å². The molecule has 0 spiro atoms. The van der Waals surface area contributed by atoms with Crippen LogP contribution in [0.4, 0.5) is 0 Å². The van der Waals surface area contributed by atoms with E-state index in [2.05, 4.69) is 5.10 Å². The number of hydrogen-bond acceptors (Lipinski definition) is 3. The quantitative estimate of drug-likeness (QED) is 0.654. The van der Waals surface area contributed by atoms with Crippen LogP contribution in [0.1, 0.15) is 11.1 Å². The van der Waals surface area contributed by atoms with Gasteiger partial charge in [0.15, 0.2) is 0 Å². The highest BCUT2D eigenvalue weighted by Crippen LogP contribution is 2.23. The lowest BCUT2D eigenvalue weighted by molar-refractivity contribution is 0.305. The predicted molar refractivity (Wildman–Crippen MR) is 70.0 cm³/mol. The van der Waals surface area contributed by atoms with Gasteiger partial charge in [-0.15, -0.1) is 0 Å². The van der Waals surface area contributed by atoms with Gasteiger partial charge < -0.3 is 10.5 Å². The topological polar surface area (TPSA) is 76.9 Å². The lowest BCUT2D eigenvalue weighted by atomic mass is 10.2. The number of nitrogen functional groups attached to an aromatic ring is 1. The summed E-state index contributed by atoms with van der Waals surface area (Å²) >= 11 is 5.90. The molecule has 0 unspecified atom stereocenters. The molecule has 1 aromatic carbocycles. The van der Waals surface area contributed by atoms with Crippen molar-refractivity contribution < 1.29 is 4.74 Å². The summed E-state index contributed by atoms with van der Waals surface area (Å²) in [5, 5.41) is 12.1. The number of aromatic nitrogens is 2. The van der Waals surface area contributed by atoms with Crippen molar-refractivity contribution in [2.45, 2.75) is 6.61 Å². The maximum absolute atomic E-state index is 7.47. The van der Waals surface area contributed by atoms with Crippen LogP contribution in [-0.2, 0) is 13.7 Å². The molecule has 0 saturated carbocycles. The minimum absolute atomic E-state index is 0.0483. The van der Waals surface area contributed by atoms with E-state index in [0.717, 1.165) is 5.56 Å². The summed E-state index contributed by atoms with van der Waals surface area (Å²) in [7, 11) is 1.84. The molecule has 18 heavy (non-hydrogen) atoms. The third-order valence-electron chi connectivity index (χ3n) is 2.39. The average molecular weight is 265 g/mol. The summed E-state index contributed by atoms with van der Waals surface area (Å²) < 4.78 is 7.32. The van der Waals surface area contributed by atoms with Crippen molar-refractivity contribution in [3.05, 3.63) is 46.7 Å². The van der Waals surface area contributed by atoms with Crippen molar-refractivity contribution in [2.24, 2.45) is 12.8 Å². The molecule has 6 heteroatoms. The molecule has 1 aromatic heterocycles. The third-order valence-corrected chi connectivity index (χ3v) is 2.62. The van der Waals surface area contributed by atoms with E-state index in [1.807, 2.05) is 13.2 Å². The van der Waals surface area contributed by atoms with Gasteiger partial charge in [-0.05, 0) is 18.2 Å². The number of halogens is 1. The van der Waals surface area contributed by atoms with E-state index in [9.17, 15) is 0 Å². The van der Waals surface area contributed by atoms with Gasteiger partial charge in [-0.25, -0.2) is 0 Å². The first-order chi connectivity index (χ1) is 8.56. The van der Waals surface area contributed by atoms with Crippen LogP contribution in [-0.4, -0.2) is 15.6 Å². The lowest BCUT2D eigenvalue weighted by Crippen LogP contribution is -2.13. The van der Waals surface area contributed by atoms with Gasteiger partial charge in [0.1, 0.15) is 18.2 Å². The molecule has 1 heterocycles. The molecule has 0 bridgehead atoms. The van der Waals surface area contributed by atoms with E-state index >= 15 is 0 Å². The molecule has 0 aliphatic carbocycles. The number of amidine groups is 1. The van der Waals surface area contributed by atoms with Crippen LogP contribution < -0.4 is 10.5 Å². The Morgan fingerprint density at radius 1 is 1.56 bits per heavy atom. The summed E-state index contributed by atoms with van der Waals surface area (Å²) in [4.78, 5) is 0. The van der Waals surface area contributed by atoms with E-state index in [0.29, 0.717) is 22.9 Å². The molecular weight excluding hydrogens is 252 g/mol. The molecule has 0 atom stereocenters. The molecule has 0 radical (unpaired) electrons. The van der Waals surface area contributed by atoms with Gasteiger partial charge in [0.25, 0.3) is 0 Å². The highest BCUT2D eigenvalue weighted by atomic mass is 35.5. The van der Waals surface area contributed by atoms with Gasteiger partial charge in [0.05, 0.1) is 11.8 Å². The third kappa shape index (κ3) is 2.81. The number of aryl methyl sites for hydroxylation is 1. The molecular formula is C12H13ClN4O. The number of nitrogens with one attached hydrogen (secondary N) is 1. The first-order valence-electron chi connectivity index (χ1n) is 5.30. The maximum atomic E-state index is 7.47. The summed E-state index contributed by atoms with van der Waals surface area (Å²) in [5.41, 5.74) is 6.95. The second-order valence-electron chi connectivity index (χ2n) is 3.87. The summed E-state index contributed by atoms with van der Waals surface area (Å²) in [6.45, 7) is 0.356. The Balaban J connectivity index is 2.17. The van der Waals surface area contributed by atoms with Crippen LogP contribution in [0.25, 0.3) is 0 Å². The molecule has 0 aliphatic rings. The SMILES string of the molecule is Cn1cc(COc2cc(Cl)ccc2C(=N)N)cn1. The van der Waals surface area contributed by atoms with Crippen LogP contribution >= 0.6 is 11.6 Å². The van der Waals surface area contributed by atoms with Gasteiger partial charge in [-0.2, -0.15) is 5.10 Å². The Bertz CT molecular complexity index is 579. The molecule has 2 aromatic rings. The average Bonchev–Trinajstić information content (AvgIpc) is 2.72. The first-order valence-corrected chi connectivity index (χ1v) is 5.68. The van der Waals surface area contributed by atoms with Crippen molar-refractivity contribution in [1.29, 1.82) is 5.41 Å².